The fourth-order valence-corrected chi connectivity index (χ4v) is 2.24. The van der Waals surface area contributed by atoms with Crippen LogP contribution in [-0.4, -0.2) is 21.9 Å². The number of nitrogens with one attached hydrogen (secondary N) is 1. The van der Waals surface area contributed by atoms with Crippen molar-refractivity contribution in [1.29, 1.82) is 0 Å². The molecule has 1 heterocycles. The molecule has 2 aromatic rings. The quantitative estimate of drug-likeness (QED) is 0.847. The number of nitrogens with two attached hydrogens (primary N) is 1. The molecule has 1 aromatic heterocycles. The van der Waals surface area contributed by atoms with Gasteiger partial charge in [0.2, 0.25) is 0 Å². The van der Waals surface area contributed by atoms with Gasteiger partial charge in [-0.2, -0.15) is 5.10 Å². The van der Waals surface area contributed by atoms with Crippen LogP contribution in [0.3, 0.4) is 0 Å². The summed E-state index contributed by atoms with van der Waals surface area (Å²) in [6.45, 7) is 1.82. The predicted molar refractivity (Wildman–Crippen MR) is 80.1 cm³/mol. The van der Waals surface area contributed by atoms with E-state index in [4.69, 9.17) is 22.7 Å². The molecule has 106 valence electrons. The molecular formula is C13H15FN4OS. The van der Waals surface area contributed by atoms with Crippen molar-refractivity contribution in [3.8, 4) is 5.75 Å². The molecule has 0 radical (unpaired) electrons. The van der Waals surface area contributed by atoms with Crippen LogP contribution in [0.15, 0.2) is 18.2 Å². The minimum absolute atomic E-state index is 0.249. The van der Waals surface area contributed by atoms with Crippen LogP contribution < -0.4 is 15.8 Å². The number of anilines is 2. The van der Waals surface area contributed by atoms with Crippen molar-refractivity contribution in [2.24, 2.45) is 12.8 Å². The Morgan fingerprint density at radius 2 is 2.20 bits per heavy atom. The molecule has 7 heteroatoms. The highest BCUT2D eigenvalue weighted by Crippen LogP contribution is 2.30. The number of nitrogens with zero attached hydrogens (tertiary/aromatic N) is 2. The number of halogens is 1. The molecule has 5 nitrogen and oxygen atoms in total. The first kappa shape index (κ1) is 14.3. The van der Waals surface area contributed by atoms with Gasteiger partial charge in [0.25, 0.3) is 0 Å². The largest absolute Gasteiger partial charge is 0.494 e. The maximum Gasteiger partial charge on any atom is 0.145 e. The van der Waals surface area contributed by atoms with E-state index in [-0.39, 0.29) is 10.8 Å². The van der Waals surface area contributed by atoms with Crippen LogP contribution in [0, 0.1) is 12.7 Å². The van der Waals surface area contributed by atoms with Gasteiger partial charge in [0.1, 0.15) is 22.4 Å². The average Bonchev–Trinajstić information content (AvgIpc) is 2.66. The summed E-state index contributed by atoms with van der Waals surface area (Å²) in [5.74, 6) is 0.654. The van der Waals surface area contributed by atoms with E-state index in [2.05, 4.69) is 10.4 Å². The molecule has 0 atom stereocenters. The van der Waals surface area contributed by atoms with E-state index < -0.39 is 0 Å². The summed E-state index contributed by atoms with van der Waals surface area (Å²) in [5, 5.41) is 7.40. The van der Waals surface area contributed by atoms with E-state index in [9.17, 15) is 4.39 Å². The zero-order chi connectivity index (χ0) is 14.9. The Bertz CT molecular complexity index is 669. The average molecular weight is 294 g/mol. The van der Waals surface area contributed by atoms with Crippen molar-refractivity contribution in [2.45, 2.75) is 6.92 Å². The van der Waals surface area contributed by atoms with E-state index in [1.54, 1.807) is 17.8 Å². The Balaban J connectivity index is 2.47. The van der Waals surface area contributed by atoms with E-state index in [0.29, 0.717) is 22.8 Å². The first-order valence-electron chi connectivity index (χ1n) is 5.88. The predicted octanol–water partition coefficient (Wildman–Crippen LogP) is 2.25. The summed E-state index contributed by atoms with van der Waals surface area (Å²) in [6, 6.07) is 4.22. The summed E-state index contributed by atoms with van der Waals surface area (Å²) in [6.07, 6.45) is 0. The number of hydrogen-bond acceptors (Lipinski definition) is 4. The molecule has 0 saturated heterocycles. The van der Waals surface area contributed by atoms with Gasteiger partial charge in [0, 0.05) is 13.1 Å². The molecule has 0 saturated carbocycles. The Labute approximate surface area is 121 Å². The van der Waals surface area contributed by atoms with Gasteiger partial charge in [-0.1, -0.05) is 12.2 Å². The number of benzene rings is 1. The van der Waals surface area contributed by atoms with Gasteiger partial charge in [-0.05, 0) is 19.1 Å². The van der Waals surface area contributed by atoms with Crippen LogP contribution in [0.5, 0.6) is 5.75 Å². The lowest BCUT2D eigenvalue weighted by atomic mass is 10.2. The highest BCUT2D eigenvalue weighted by molar-refractivity contribution is 7.80. The van der Waals surface area contributed by atoms with E-state index in [0.717, 1.165) is 5.69 Å². The molecule has 0 amide bonds. The van der Waals surface area contributed by atoms with Gasteiger partial charge in [0.15, 0.2) is 0 Å². The molecule has 0 fully saturated rings. The maximum absolute atomic E-state index is 13.2. The summed E-state index contributed by atoms with van der Waals surface area (Å²) in [5.41, 5.74) is 7.72. The van der Waals surface area contributed by atoms with Gasteiger partial charge >= 0.3 is 0 Å². The topological polar surface area (TPSA) is 65.1 Å². The summed E-state index contributed by atoms with van der Waals surface area (Å²) in [4.78, 5) is 0.249. The summed E-state index contributed by atoms with van der Waals surface area (Å²) >= 11 is 5.04. The van der Waals surface area contributed by atoms with E-state index in [1.807, 2.05) is 6.92 Å². The fourth-order valence-electron chi connectivity index (χ4n) is 1.99. The molecule has 0 spiro atoms. The number of aromatic nitrogens is 2. The minimum Gasteiger partial charge on any atom is -0.494 e. The van der Waals surface area contributed by atoms with Gasteiger partial charge < -0.3 is 15.8 Å². The lowest BCUT2D eigenvalue weighted by molar-refractivity contribution is 0.413. The number of aryl methyl sites for hydroxylation is 2. The second-order valence-corrected chi connectivity index (χ2v) is 4.71. The third kappa shape index (κ3) is 2.57. The molecular weight excluding hydrogens is 279 g/mol. The normalized spacial score (nSPS) is 10.4. The Hall–Kier alpha value is -2.15. The maximum atomic E-state index is 13.2. The molecule has 20 heavy (non-hydrogen) atoms. The zero-order valence-corrected chi connectivity index (χ0v) is 12.2. The number of thiocarbonyl (C=S) groups is 1. The Kier molecular flexibility index (Phi) is 3.89. The monoisotopic (exact) mass is 294 g/mol. The molecule has 0 aliphatic heterocycles. The van der Waals surface area contributed by atoms with Crippen molar-refractivity contribution in [3.63, 3.8) is 0 Å². The number of rotatable bonds is 4. The smallest absolute Gasteiger partial charge is 0.145 e. The molecule has 0 aliphatic carbocycles. The Morgan fingerprint density at radius 1 is 1.50 bits per heavy atom. The molecule has 0 aliphatic rings. The molecule has 0 bridgehead atoms. The van der Waals surface area contributed by atoms with Crippen LogP contribution >= 0.6 is 12.2 Å². The van der Waals surface area contributed by atoms with Crippen LogP contribution in [0.25, 0.3) is 0 Å². The molecule has 0 unspecified atom stereocenters. The number of ether oxygens (including phenoxy) is 1. The second kappa shape index (κ2) is 5.46. The molecule has 3 N–H and O–H groups in total. The van der Waals surface area contributed by atoms with Crippen molar-refractivity contribution in [1.82, 2.24) is 9.78 Å². The number of methoxy groups -OCH3 is 1. The third-order valence-electron chi connectivity index (χ3n) is 2.89. The van der Waals surface area contributed by atoms with Crippen LogP contribution in [0.4, 0.5) is 15.9 Å². The third-order valence-corrected chi connectivity index (χ3v) is 3.09. The first-order valence-corrected chi connectivity index (χ1v) is 6.28. The van der Waals surface area contributed by atoms with Crippen LogP contribution in [0.1, 0.15) is 11.3 Å². The lowest BCUT2D eigenvalue weighted by Crippen LogP contribution is -2.13. The fraction of sp³-hybridized carbons (Fsp3) is 0.231. The van der Waals surface area contributed by atoms with Crippen molar-refractivity contribution in [2.75, 3.05) is 12.4 Å². The summed E-state index contributed by atoms with van der Waals surface area (Å²) < 4.78 is 20.0. The van der Waals surface area contributed by atoms with Crippen LogP contribution in [-0.2, 0) is 7.05 Å². The standard InChI is InChI=1S/C13H15FN4OS/c1-7-11(12(15)20)13(18(2)17-7)16-9-5-4-8(14)6-10(9)19-3/h4-6,16H,1-3H3,(H2,15,20). The minimum atomic E-state index is -0.372. The first-order chi connectivity index (χ1) is 9.43. The number of hydrogen-bond donors (Lipinski definition) is 2. The van der Waals surface area contributed by atoms with Gasteiger partial charge in [-0.3, -0.25) is 4.68 Å². The Morgan fingerprint density at radius 3 is 2.80 bits per heavy atom. The highest BCUT2D eigenvalue weighted by atomic mass is 32.1. The zero-order valence-electron chi connectivity index (χ0n) is 11.4. The van der Waals surface area contributed by atoms with E-state index >= 15 is 0 Å². The van der Waals surface area contributed by atoms with Crippen molar-refractivity contribution < 1.29 is 9.13 Å². The van der Waals surface area contributed by atoms with Crippen molar-refractivity contribution in [3.05, 3.63) is 35.3 Å². The van der Waals surface area contributed by atoms with Gasteiger partial charge in [0.05, 0.1) is 24.1 Å². The SMILES string of the molecule is COc1cc(F)ccc1Nc1c(C(N)=S)c(C)nn1C. The van der Waals surface area contributed by atoms with E-state index in [1.165, 1.54) is 19.2 Å². The second-order valence-electron chi connectivity index (χ2n) is 4.27. The molecule has 1 aromatic carbocycles. The van der Waals surface area contributed by atoms with Gasteiger partial charge in [-0.15, -0.1) is 0 Å². The summed E-state index contributed by atoms with van der Waals surface area (Å²) in [7, 11) is 3.25. The molecule has 2 rings (SSSR count). The van der Waals surface area contributed by atoms with Crippen molar-refractivity contribution >= 4 is 28.7 Å². The van der Waals surface area contributed by atoms with Gasteiger partial charge in [-0.25, -0.2) is 4.39 Å². The highest BCUT2D eigenvalue weighted by Gasteiger charge is 2.17. The van der Waals surface area contributed by atoms with Crippen LogP contribution in [0.2, 0.25) is 0 Å². The lowest BCUT2D eigenvalue weighted by Gasteiger charge is -2.12.